The van der Waals surface area contributed by atoms with Crippen molar-refractivity contribution in [3.05, 3.63) is 0 Å². The Morgan fingerprint density at radius 3 is 0.765 bits per heavy atom. The van der Waals surface area contributed by atoms with Crippen LogP contribution >= 0.6 is 0 Å². The highest BCUT2D eigenvalue weighted by Gasteiger charge is 2.27. The van der Waals surface area contributed by atoms with Crippen LogP contribution in [0, 0.1) is 23.7 Å². The molecular weight excluding hydrogens is 203 g/mol. The summed E-state index contributed by atoms with van der Waals surface area (Å²) in [5.41, 5.74) is 0. The molecule has 0 heterocycles. The molecule has 0 aliphatic rings. The normalized spacial score (nSPS) is 13.4. The fourth-order valence-corrected chi connectivity index (χ4v) is 4.58. The summed E-state index contributed by atoms with van der Waals surface area (Å²) in [7, 11) is 0. The molecule has 0 aromatic carbocycles. The van der Waals surface area contributed by atoms with Crippen molar-refractivity contribution in [3.63, 3.8) is 0 Å². The molecule has 1 heteroatoms. The lowest BCUT2D eigenvalue weighted by Crippen LogP contribution is -2.39. The predicted octanol–water partition coefficient (Wildman–Crippen LogP) is 6.06. The average Bonchev–Trinajstić information content (AvgIpc) is 1.95. The molecule has 0 spiro atoms. The van der Waals surface area contributed by atoms with Crippen molar-refractivity contribution in [2.75, 3.05) is 0 Å². The molecule has 17 heavy (non-hydrogen) atoms. The zero-order valence-corrected chi connectivity index (χ0v) is 13.7. The highest BCUT2D eigenvalue weighted by atomic mass is 14.1. The summed E-state index contributed by atoms with van der Waals surface area (Å²) in [6, 6.07) is 0. The monoisotopic (exact) mass is 239 g/mol. The lowest BCUT2D eigenvalue weighted by atomic mass is 9.15. The topological polar surface area (TPSA) is 0 Å². The Morgan fingerprint density at radius 1 is 0.471 bits per heavy atom. The van der Waals surface area contributed by atoms with Gasteiger partial charge in [0.25, 0.3) is 0 Å². The molecule has 104 valence electrons. The molecule has 0 atom stereocenters. The molecule has 0 amide bonds. The van der Waals surface area contributed by atoms with Crippen molar-refractivity contribution in [2.24, 2.45) is 23.7 Å². The Morgan fingerprint density at radius 2 is 0.647 bits per heavy atom. The van der Waals surface area contributed by atoms with Gasteiger partial charge in [-0.2, -0.15) is 25.3 Å². The van der Waals surface area contributed by atoms with E-state index in [-0.39, 0.29) is 6.15 Å². The highest BCUT2D eigenvalue weighted by Crippen LogP contribution is 2.37. The lowest BCUT2D eigenvalue weighted by molar-refractivity contribution is 0.612. The van der Waals surface area contributed by atoms with Gasteiger partial charge >= 0.3 is 0 Å². The second-order valence-electron chi connectivity index (χ2n) is 8.25. The van der Waals surface area contributed by atoms with E-state index in [1.807, 2.05) is 0 Å². The van der Waals surface area contributed by atoms with E-state index in [4.69, 9.17) is 0 Å². The summed E-state index contributed by atoms with van der Waals surface area (Å²) in [6.45, 7) is 19.2. The molecule has 0 saturated carbocycles. The first kappa shape index (κ1) is 17.1. The smallest absolute Gasteiger partial charge is 0.00194 e. The van der Waals surface area contributed by atoms with Crippen molar-refractivity contribution in [1.82, 2.24) is 0 Å². The van der Waals surface area contributed by atoms with E-state index in [9.17, 15) is 0 Å². The van der Waals surface area contributed by atoms with Gasteiger partial charge in [-0.1, -0.05) is 79.1 Å². The van der Waals surface area contributed by atoms with Gasteiger partial charge in [0.1, 0.15) is 0 Å². The molecule has 0 bridgehead atoms. The van der Waals surface area contributed by atoms with E-state index < -0.39 is 0 Å². The van der Waals surface area contributed by atoms with Crippen LogP contribution in [-0.4, -0.2) is 6.15 Å². The highest BCUT2D eigenvalue weighted by molar-refractivity contribution is 6.80. The summed E-state index contributed by atoms with van der Waals surface area (Å²) < 4.78 is 0. The Hall–Kier alpha value is 0.0649. The van der Waals surface area contributed by atoms with Crippen molar-refractivity contribution in [1.29, 1.82) is 0 Å². The molecule has 0 fully saturated rings. The predicted molar refractivity (Wildman–Crippen MR) is 84.3 cm³/mol. The molecule has 0 saturated heterocycles. The van der Waals surface area contributed by atoms with Gasteiger partial charge in [0.05, 0.1) is 0 Å². The van der Waals surface area contributed by atoms with E-state index in [0.717, 1.165) is 23.7 Å². The Bertz CT molecular complexity index is 146. The van der Waals surface area contributed by atoms with E-state index in [1.165, 1.54) is 25.3 Å². The van der Waals surface area contributed by atoms with E-state index in [0.29, 0.717) is 0 Å². The fraction of sp³-hybridized carbons (Fsp3) is 1.00. The van der Waals surface area contributed by atoms with Gasteiger partial charge in [0.15, 0.2) is 0 Å². The van der Waals surface area contributed by atoms with Crippen LogP contribution in [0.25, 0.3) is 0 Å². The number of rotatable bonds is 8. The summed E-state index contributed by atoms with van der Waals surface area (Å²) in [5, 5.41) is 0. The summed E-state index contributed by atoms with van der Waals surface area (Å²) in [5.74, 6) is 3.41. The van der Waals surface area contributed by atoms with Crippen LogP contribution < -0.4 is 0 Å². The molecule has 0 aromatic rings. The van der Waals surface area contributed by atoms with Gasteiger partial charge < -0.3 is 0 Å². The maximum Gasteiger partial charge on any atom is 0.00194 e. The minimum Gasteiger partial charge on any atom is -0.176 e. The van der Waals surface area contributed by atoms with Crippen LogP contribution in [-0.2, 0) is 0 Å². The third kappa shape index (κ3) is 7.89. The lowest BCUT2D eigenvalue weighted by Gasteiger charge is -2.45. The van der Waals surface area contributed by atoms with Crippen LogP contribution in [0.1, 0.15) is 55.4 Å². The molecule has 0 aromatic heterocycles. The summed E-state index contributed by atoms with van der Waals surface area (Å²) >= 11 is 0. The van der Waals surface area contributed by atoms with Gasteiger partial charge in [-0.25, -0.2) is 0 Å². The van der Waals surface area contributed by atoms with Crippen LogP contribution in [0.5, 0.6) is 0 Å². The quantitative estimate of drug-likeness (QED) is 0.451. The Labute approximate surface area is 111 Å². The first-order valence-electron chi connectivity index (χ1n) is 7.88. The first-order chi connectivity index (χ1) is 7.67. The molecule has 0 N–H and O–H groups in total. The zero-order valence-electron chi connectivity index (χ0n) is 13.7. The Kier molecular flexibility index (Phi) is 7.52. The van der Waals surface area contributed by atoms with E-state index in [1.54, 1.807) is 0 Å². The van der Waals surface area contributed by atoms with Crippen molar-refractivity contribution in [3.8, 4) is 0 Å². The van der Waals surface area contributed by atoms with Gasteiger partial charge in [-0.15, -0.1) is 0 Å². The minimum absolute atomic E-state index is 0.148. The molecule has 0 radical (unpaired) electrons. The van der Waals surface area contributed by atoms with Crippen LogP contribution in [0.15, 0.2) is 0 Å². The minimum atomic E-state index is -0.148. The molecular formula is C16H36B-. The molecule has 0 rings (SSSR count). The molecule has 0 nitrogen and oxygen atoms in total. The average molecular weight is 239 g/mol. The standard InChI is InChI=1S/C16H36B/c1-13(2)9-17(10-14(3)4,11-15(5)6)12-16(7)8/h13-16H,9-12H2,1-8H3/q-1. The zero-order chi connectivity index (χ0) is 13.6. The van der Waals surface area contributed by atoms with Gasteiger partial charge in [0, 0.05) is 6.15 Å². The maximum atomic E-state index is 2.40. The summed E-state index contributed by atoms with van der Waals surface area (Å²) in [4.78, 5) is 0. The van der Waals surface area contributed by atoms with E-state index in [2.05, 4.69) is 55.4 Å². The van der Waals surface area contributed by atoms with Crippen molar-refractivity contribution >= 4 is 6.15 Å². The van der Waals surface area contributed by atoms with Gasteiger partial charge in [0.2, 0.25) is 0 Å². The van der Waals surface area contributed by atoms with Crippen LogP contribution in [0.4, 0.5) is 0 Å². The maximum absolute atomic E-state index is 2.40. The second-order valence-corrected chi connectivity index (χ2v) is 8.25. The molecule has 0 aliphatic heterocycles. The summed E-state index contributed by atoms with van der Waals surface area (Å²) in [6.07, 6.45) is 5.72. The second kappa shape index (κ2) is 7.49. The Balaban J connectivity index is 4.89. The molecule has 0 unspecified atom stereocenters. The van der Waals surface area contributed by atoms with Crippen LogP contribution in [0.2, 0.25) is 25.3 Å². The first-order valence-corrected chi connectivity index (χ1v) is 7.88. The van der Waals surface area contributed by atoms with Gasteiger partial charge in [-0.3, -0.25) is 0 Å². The largest absolute Gasteiger partial charge is 0.176 e. The number of hydrogen-bond acceptors (Lipinski definition) is 0. The molecule has 0 aliphatic carbocycles. The number of hydrogen-bond donors (Lipinski definition) is 0. The SMILES string of the molecule is CC(C)C[B-](CC(C)C)(CC(C)C)CC(C)C. The van der Waals surface area contributed by atoms with E-state index >= 15 is 0 Å². The third-order valence-electron chi connectivity index (χ3n) is 3.89. The van der Waals surface area contributed by atoms with Crippen LogP contribution in [0.3, 0.4) is 0 Å². The van der Waals surface area contributed by atoms with Crippen molar-refractivity contribution < 1.29 is 0 Å². The van der Waals surface area contributed by atoms with Crippen molar-refractivity contribution in [2.45, 2.75) is 80.7 Å². The fourth-order valence-electron chi connectivity index (χ4n) is 4.58. The van der Waals surface area contributed by atoms with Gasteiger partial charge in [-0.05, 0) is 0 Å². The third-order valence-corrected chi connectivity index (χ3v) is 3.89.